The molecule has 2 N–H and O–H groups in total. The molecule has 1 aromatic heterocycles. The van der Waals surface area contributed by atoms with Crippen LogP contribution in [0, 0.1) is 11.6 Å². The van der Waals surface area contributed by atoms with Crippen LogP contribution in [-0.4, -0.2) is 17.2 Å². The molecule has 0 radical (unpaired) electrons. The van der Waals surface area contributed by atoms with Gasteiger partial charge in [0.2, 0.25) is 0 Å². The van der Waals surface area contributed by atoms with Gasteiger partial charge in [0.05, 0.1) is 5.69 Å². The van der Waals surface area contributed by atoms with Gasteiger partial charge in [0.1, 0.15) is 5.82 Å². The first-order chi connectivity index (χ1) is 7.20. The minimum absolute atomic E-state index is 0.558. The summed E-state index contributed by atoms with van der Waals surface area (Å²) in [7, 11) is 1.73. The van der Waals surface area contributed by atoms with Crippen LogP contribution in [0.25, 0.3) is 11.3 Å². The number of anilines is 1. The van der Waals surface area contributed by atoms with Gasteiger partial charge in [0, 0.05) is 18.7 Å². The van der Waals surface area contributed by atoms with Crippen LogP contribution in [0.4, 0.5) is 14.6 Å². The van der Waals surface area contributed by atoms with E-state index in [9.17, 15) is 8.78 Å². The Morgan fingerprint density at radius 2 is 2.00 bits per heavy atom. The van der Waals surface area contributed by atoms with Gasteiger partial charge < -0.3 is 5.32 Å². The molecule has 0 amide bonds. The van der Waals surface area contributed by atoms with Gasteiger partial charge in [-0.15, -0.1) is 0 Å². The Morgan fingerprint density at radius 1 is 1.20 bits per heavy atom. The summed E-state index contributed by atoms with van der Waals surface area (Å²) >= 11 is 0. The zero-order chi connectivity index (χ0) is 10.8. The summed E-state index contributed by atoms with van der Waals surface area (Å²) < 4.78 is 25.6. The number of halogens is 2. The molecule has 5 heteroatoms. The first kappa shape index (κ1) is 9.64. The lowest BCUT2D eigenvalue weighted by Gasteiger charge is -1.97. The second-order valence-corrected chi connectivity index (χ2v) is 3.05. The number of H-pyrrole nitrogens is 1. The van der Waals surface area contributed by atoms with E-state index in [-0.39, 0.29) is 0 Å². The Balaban J connectivity index is 2.40. The maximum absolute atomic E-state index is 12.9. The first-order valence-corrected chi connectivity index (χ1v) is 4.39. The van der Waals surface area contributed by atoms with Gasteiger partial charge in [-0.05, 0) is 18.2 Å². The molecule has 0 aliphatic rings. The predicted octanol–water partition coefficient (Wildman–Crippen LogP) is 2.40. The molecular weight excluding hydrogens is 200 g/mol. The van der Waals surface area contributed by atoms with Crippen molar-refractivity contribution in [2.75, 3.05) is 12.4 Å². The summed E-state index contributed by atoms with van der Waals surface area (Å²) in [5.74, 6) is -1.07. The minimum Gasteiger partial charge on any atom is -0.372 e. The van der Waals surface area contributed by atoms with Crippen molar-refractivity contribution in [2.24, 2.45) is 0 Å². The van der Waals surface area contributed by atoms with E-state index in [0.717, 1.165) is 12.1 Å². The number of aromatic amines is 1. The molecule has 0 atom stereocenters. The SMILES string of the molecule is CNc1cc(-c2ccc(F)c(F)c2)[nH]n1. The predicted molar refractivity (Wildman–Crippen MR) is 53.5 cm³/mol. The molecule has 0 bridgehead atoms. The van der Waals surface area contributed by atoms with Crippen molar-refractivity contribution >= 4 is 5.82 Å². The Hall–Kier alpha value is -1.91. The van der Waals surface area contributed by atoms with E-state index in [0.29, 0.717) is 17.1 Å². The van der Waals surface area contributed by atoms with E-state index in [4.69, 9.17) is 0 Å². The fourth-order valence-electron chi connectivity index (χ4n) is 1.26. The van der Waals surface area contributed by atoms with Crippen molar-refractivity contribution < 1.29 is 8.78 Å². The third-order valence-corrected chi connectivity index (χ3v) is 2.06. The average Bonchev–Trinajstić information content (AvgIpc) is 2.70. The van der Waals surface area contributed by atoms with Gasteiger partial charge in [-0.1, -0.05) is 0 Å². The number of nitrogens with one attached hydrogen (secondary N) is 2. The van der Waals surface area contributed by atoms with Crippen LogP contribution in [0.15, 0.2) is 24.3 Å². The highest BCUT2D eigenvalue weighted by Gasteiger charge is 2.06. The van der Waals surface area contributed by atoms with Gasteiger partial charge in [-0.3, -0.25) is 5.10 Å². The van der Waals surface area contributed by atoms with E-state index in [1.807, 2.05) is 0 Å². The first-order valence-electron chi connectivity index (χ1n) is 4.39. The van der Waals surface area contributed by atoms with Crippen LogP contribution >= 0.6 is 0 Å². The number of benzene rings is 1. The molecule has 0 aliphatic carbocycles. The van der Waals surface area contributed by atoms with Crippen LogP contribution in [-0.2, 0) is 0 Å². The van der Waals surface area contributed by atoms with E-state index in [1.165, 1.54) is 6.07 Å². The molecule has 0 unspecified atom stereocenters. The highest BCUT2D eigenvalue weighted by Crippen LogP contribution is 2.21. The summed E-state index contributed by atoms with van der Waals surface area (Å²) in [4.78, 5) is 0. The number of hydrogen-bond acceptors (Lipinski definition) is 2. The minimum atomic E-state index is -0.867. The normalized spacial score (nSPS) is 10.3. The van der Waals surface area contributed by atoms with E-state index in [1.54, 1.807) is 13.1 Å². The quantitative estimate of drug-likeness (QED) is 0.797. The van der Waals surface area contributed by atoms with Crippen LogP contribution in [0.2, 0.25) is 0 Å². The van der Waals surface area contributed by atoms with Gasteiger partial charge in [-0.25, -0.2) is 8.78 Å². The van der Waals surface area contributed by atoms with Gasteiger partial charge in [0.15, 0.2) is 11.6 Å². The summed E-state index contributed by atoms with van der Waals surface area (Å²) in [6.45, 7) is 0. The molecule has 1 heterocycles. The molecular formula is C10H9F2N3. The Morgan fingerprint density at radius 3 is 2.60 bits per heavy atom. The smallest absolute Gasteiger partial charge is 0.159 e. The largest absolute Gasteiger partial charge is 0.372 e. The van der Waals surface area contributed by atoms with Crippen LogP contribution < -0.4 is 5.32 Å². The van der Waals surface area contributed by atoms with Crippen molar-refractivity contribution in [2.45, 2.75) is 0 Å². The monoisotopic (exact) mass is 209 g/mol. The highest BCUT2D eigenvalue weighted by molar-refractivity contribution is 5.62. The van der Waals surface area contributed by atoms with Crippen LogP contribution in [0.3, 0.4) is 0 Å². The maximum Gasteiger partial charge on any atom is 0.159 e. The molecule has 15 heavy (non-hydrogen) atoms. The van der Waals surface area contributed by atoms with Crippen molar-refractivity contribution in [3.8, 4) is 11.3 Å². The maximum atomic E-state index is 12.9. The number of aromatic nitrogens is 2. The summed E-state index contributed by atoms with van der Waals surface area (Å²) in [6.07, 6.45) is 0. The lowest BCUT2D eigenvalue weighted by atomic mass is 10.1. The van der Waals surface area contributed by atoms with Gasteiger partial charge in [0.25, 0.3) is 0 Å². The topological polar surface area (TPSA) is 40.7 Å². The summed E-state index contributed by atoms with van der Waals surface area (Å²) in [5, 5.41) is 9.46. The van der Waals surface area contributed by atoms with Crippen LogP contribution in [0.1, 0.15) is 0 Å². The fraction of sp³-hybridized carbons (Fsp3) is 0.100. The fourth-order valence-corrected chi connectivity index (χ4v) is 1.26. The number of rotatable bonds is 2. The summed E-state index contributed by atoms with van der Waals surface area (Å²) in [5.41, 5.74) is 1.20. The molecule has 0 saturated heterocycles. The molecule has 2 aromatic rings. The molecule has 2 rings (SSSR count). The lowest BCUT2D eigenvalue weighted by Crippen LogP contribution is -1.85. The zero-order valence-electron chi connectivity index (χ0n) is 8.01. The second kappa shape index (κ2) is 3.68. The Labute approximate surface area is 85.1 Å². The van der Waals surface area contributed by atoms with E-state index in [2.05, 4.69) is 15.5 Å². The molecule has 78 valence electrons. The van der Waals surface area contributed by atoms with Crippen molar-refractivity contribution in [1.82, 2.24) is 10.2 Å². The Kier molecular flexibility index (Phi) is 2.37. The Bertz CT molecular complexity index is 479. The zero-order valence-corrected chi connectivity index (χ0v) is 8.01. The molecule has 3 nitrogen and oxygen atoms in total. The molecule has 0 spiro atoms. The molecule has 0 fully saturated rings. The van der Waals surface area contributed by atoms with E-state index < -0.39 is 11.6 Å². The third-order valence-electron chi connectivity index (χ3n) is 2.06. The van der Waals surface area contributed by atoms with Crippen LogP contribution in [0.5, 0.6) is 0 Å². The second-order valence-electron chi connectivity index (χ2n) is 3.05. The number of nitrogens with zero attached hydrogens (tertiary/aromatic N) is 1. The highest BCUT2D eigenvalue weighted by atomic mass is 19.2. The van der Waals surface area contributed by atoms with Gasteiger partial charge in [-0.2, -0.15) is 5.10 Å². The van der Waals surface area contributed by atoms with Crippen molar-refractivity contribution in [3.05, 3.63) is 35.9 Å². The average molecular weight is 209 g/mol. The standard InChI is InChI=1S/C10H9F2N3/c1-13-10-5-9(14-15-10)6-2-3-7(11)8(12)4-6/h2-5H,1H3,(H2,13,14,15). The van der Waals surface area contributed by atoms with Crippen molar-refractivity contribution in [1.29, 1.82) is 0 Å². The third kappa shape index (κ3) is 1.81. The summed E-state index contributed by atoms with van der Waals surface area (Å²) in [6, 6.07) is 5.42. The molecule has 1 aromatic carbocycles. The van der Waals surface area contributed by atoms with Crippen molar-refractivity contribution in [3.63, 3.8) is 0 Å². The lowest BCUT2D eigenvalue weighted by molar-refractivity contribution is 0.509. The van der Waals surface area contributed by atoms with E-state index >= 15 is 0 Å². The molecule has 0 saturated carbocycles. The number of hydrogen-bond donors (Lipinski definition) is 2. The molecule has 0 aliphatic heterocycles. The van der Waals surface area contributed by atoms with Gasteiger partial charge >= 0.3 is 0 Å².